The first-order chi connectivity index (χ1) is 24.4. The molecule has 3 aromatic rings. The lowest BCUT2D eigenvalue weighted by atomic mass is 9.92. The zero-order valence-electron chi connectivity index (χ0n) is 29.8. The van der Waals surface area contributed by atoms with E-state index in [0.717, 1.165) is 57.8 Å². The van der Waals surface area contributed by atoms with E-state index in [-0.39, 0.29) is 50.0 Å². The topological polar surface area (TPSA) is 142 Å². The molecule has 13 nitrogen and oxygen atoms in total. The van der Waals surface area contributed by atoms with Crippen LogP contribution in [0.5, 0.6) is 5.75 Å². The van der Waals surface area contributed by atoms with Gasteiger partial charge in [-0.1, -0.05) is 6.92 Å². The van der Waals surface area contributed by atoms with E-state index in [9.17, 15) is 22.8 Å². The SMILES string of the molecule is CCCOc1c(C(=O)NS(=O)(=O)N2CCCC2)ccc(C(=O)N2CCc3c(c(=O)oc4c(C)c(N5CCN(C)[C@@H](COC)C5)cc(C)c34)C2)c1F. The molecule has 2 saturated heterocycles. The number of nitrogens with zero attached hydrogens (tertiary/aromatic N) is 4. The maximum Gasteiger partial charge on any atom is 0.341 e. The molecule has 1 aromatic heterocycles. The minimum absolute atomic E-state index is 0.0297. The maximum atomic E-state index is 16.1. The highest BCUT2D eigenvalue weighted by atomic mass is 32.2. The fraction of sp³-hybridized carbons (Fsp3) is 0.528. The van der Waals surface area contributed by atoms with Crippen molar-refractivity contribution in [1.82, 2.24) is 18.8 Å². The zero-order valence-corrected chi connectivity index (χ0v) is 30.7. The summed E-state index contributed by atoms with van der Waals surface area (Å²) in [4.78, 5) is 46.5. The lowest BCUT2D eigenvalue weighted by Gasteiger charge is -2.41. The molecule has 3 aliphatic rings. The second-order valence-corrected chi connectivity index (χ2v) is 15.3. The van der Waals surface area contributed by atoms with Gasteiger partial charge in [-0.15, -0.1) is 0 Å². The quantitative estimate of drug-likeness (QED) is 0.309. The van der Waals surface area contributed by atoms with Crippen LogP contribution >= 0.6 is 0 Å². The number of anilines is 1. The van der Waals surface area contributed by atoms with Gasteiger partial charge in [0.2, 0.25) is 0 Å². The van der Waals surface area contributed by atoms with E-state index in [1.54, 1.807) is 14.0 Å². The summed E-state index contributed by atoms with van der Waals surface area (Å²) in [6.45, 7) is 9.52. The van der Waals surface area contributed by atoms with Crippen LogP contribution in [0.1, 0.15) is 69.2 Å². The van der Waals surface area contributed by atoms with Gasteiger partial charge in [0, 0.05) is 63.0 Å². The number of carbonyl (C=O) groups excluding carboxylic acids is 2. The van der Waals surface area contributed by atoms with Crippen molar-refractivity contribution in [2.75, 3.05) is 71.5 Å². The van der Waals surface area contributed by atoms with E-state index in [1.165, 1.54) is 11.0 Å². The average Bonchev–Trinajstić information content (AvgIpc) is 3.66. The Labute approximate surface area is 297 Å². The number of ether oxygens (including phenoxy) is 2. The maximum absolute atomic E-state index is 16.1. The van der Waals surface area contributed by atoms with Crippen LogP contribution in [0, 0.1) is 19.7 Å². The van der Waals surface area contributed by atoms with Gasteiger partial charge in [-0.3, -0.25) is 14.5 Å². The molecular formula is C36H46FN5O8S. The number of hydrogen-bond acceptors (Lipinski definition) is 10. The molecule has 6 rings (SSSR count). The standard InChI is InChI=1S/C36H46FN5O8S/c1-6-17-49-33-27(34(43)38-51(46,47)42-12-7-8-13-42)10-9-26(31(33)37)35(44)41-14-11-25-28(20-41)36(45)50-32-23(3)29(18-22(2)30(25)32)40-16-15-39(4)24(19-40)21-48-5/h9-10,18,24H,6-8,11-17,19-21H2,1-5H3,(H,38,43)/t24-/m1/s1. The highest BCUT2D eigenvalue weighted by Crippen LogP contribution is 2.36. The van der Waals surface area contributed by atoms with E-state index in [1.807, 2.05) is 18.6 Å². The molecule has 3 aliphatic heterocycles. The summed E-state index contributed by atoms with van der Waals surface area (Å²) in [6, 6.07) is 4.70. The number of nitrogens with one attached hydrogen (secondary N) is 1. The Morgan fingerprint density at radius 2 is 1.78 bits per heavy atom. The van der Waals surface area contributed by atoms with Crippen molar-refractivity contribution >= 4 is 38.7 Å². The largest absolute Gasteiger partial charge is 0.490 e. The number of likely N-dealkylation sites (N-methyl/N-ethyl adjacent to an activating group) is 1. The summed E-state index contributed by atoms with van der Waals surface area (Å²) in [7, 11) is -0.349. The van der Waals surface area contributed by atoms with Crippen molar-refractivity contribution in [2.45, 2.75) is 59.0 Å². The summed E-state index contributed by atoms with van der Waals surface area (Å²) >= 11 is 0. The van der Waals surface area contributed by atoms with Gasteiger partial charge in [0.15, 0.2) is 11.6 Å². The highest BCUT2D eigenvalue weighted by Gasteiger charge is 2.34. The van der Waals surface area contributed by atoms with Crippen molar-refractivity contribution < 1.29 is 36.3 Å². The fourth-order valence-electron chi connectivity index (χ4n) is 7.37. The van der Waals surface area contributed by atoms with E-state index in [0.29, 0.717) is 43.4 Å². The van der Waals surface area contributed by atoms with Gasteiger partial charge in [0.25, 0.3) is 11.8 Å². The van der Waals surface area contributed by atoms with E-state index in [4.69, 9.17) is 13.9 Å². The number of hydrogen-bond donors (Lipinski definition) is 1. The summed E-state index contributed by atoms with van der Waals surface area (Å²) in [5.74, 6) is -3.33. The Morgan fingerprint density at radius 3 is 2.49 bits per heavy atom. The number of benzene rings is 2. The first-order valence-electron chi connectivity index (χ1n) is 17.5. The number of rotatable bonds is 10. The molecule has 15 heteroatoms. The van der Waals surface area contributed by atoms with Crippen LogP contribution in [0.2, 0.25) is 0 Å². The van der Waals surface area contributed by atoms with Gasteiger partial charge in [0.1, 0.15) is 5.58 Å². The molecule has 1 N–H and O–H groups in total. The molecule has 0 aliphatic carbocycles. The van der Waals surface area contributed by atoms with E-state index >= 15 is 4.39 Å². The third-order valence-electron chi connectivity index (χ3n) is 10.2. The molecular weight excluding hydrogens is 681 g/mol. The fourth-order valence-corrected chi connectivity index (χ4v) is 8.58. The Bertz CT molecular complexity index is 2010. The summed E-state index contributed by atoms with van der Waals surface area (Å²) in [6.07, 6.45) is 2.18. The third-order valence-corrected chi connectivity index (χ3v) is 11.7. The first-order valence-corrected chi connectivity index (χ1v) is 18.9. The molecule has 0 unspecified atom stereocenters. The Morgan fingerprint density at radius 1 is 1.06 bits per heavy atom. The van der Waals surface area contributed by atoms with Gasteiger partial charge in [-0.25, -0.2) is 13.9 Å². The van der Waals surface area contributed by atoms with Crippen molar-refractivity contribution in [3.05, 3.63) is 67.8 Å². The molecule has 0 spiro atoms. The Kier molecular flexibility index (Phi) is 10.7. The molecule has 0 radical (unpaired) electrons. The van der Waals surface area contributed by atoms with E-state index < -0.39 is 39.2 Å². The second kappa shape index (κ2) is 14.9. The van der Waals surface area contributed by atoms with Crippen LogP contribution in [0.25, 0.3) is 11.0 Å². The molecule has 2 fully saturated rings. The van der Waals surface area contributed by atoms with Crippen molar-refractivity contribution in [2.24, 2.45) is 0 Å². The monoisotopic (exact) mass is 727 g/mol. The first kappa shape index (κ1) is 36.7. The van der Waals surface area contributed by atoms with Gasteiger partial charge in [-0.05, 0) is 75.9 Å². The second-order valence-electron chi connectivity index (χ2n) is 13.6. The van der Waals surface area contributed by atoms with Gasteiger partial charge < -0.3 is 23.7 Å². The third kappa shape index (κ3) is 7.08. The molecule has 0 saturated carbocycles. The summed E-state index contributed by atoms with van der Waals surface area (Å²) in [5, 5.41) is 0.848. The normalized spacial score (nSPS) is 18.7. The van der Waals surface area contributed by atoms with Crippen molar-refractivity contribution in [3.8, 4) is 5.75 Å². The smallest absolute Gasteiger partial charge is 0.341 e. The number of amides is 2. The Hall–Kier alpha value is -4.05. The molecule has 4 heterocycles. The number of methoxy groups -OCH3 is 1. The molecule has 1 atom stereocenters. The predicted molar refractivity (Wildman–Crippen MR) is 190 cm³/mol. The molecule has 51 heavy (non-hydrogen) atoms. The van der Waals surface area contributed by atoms with Gasteiger partial charge in [-0.2, -0.15) is 12.7 Å². The lowest BCUT2D eigenvalue weighted by Crippen LogP contribution is -2.53. The number of aryl methyl sites for hydroxylation is 2. The molecule has 0 bridgehead atoms. The predicted octanol–water partition coefficient (Wildman–Crippen LogP) is 3.37. The minimum atomic E-state index is -4.14. The number of carbonyl (C=O) groups is 2. The van der Waals surface area contributed by atoms with Crippen LogP contribution in [-0.4, -0.2) is 107 Å². The van der Waals surface area contributed by atoms with Gasteiger partial charge in [0.05, 0.1) is 42.5 Å². The van der Waals surface area contributed by atoms with E-state index in [2.05, 4.69) is 22.9 Å². The Balaban J connectivity index is 1.28. The van der Waals surface area contributed by atoms with Crippen LogP contribution in [0.4, 0.5) is 10.1 Å². The number of halogens is 1. The number of piperazine rings is 1. The van der Waals surface area contributed by atoms with Gasteiger partial charge >= 0.3 is 15.8 Å². The van der Waals surface area contributed by atoms with Crippen molar-refractivity contribution in [1.29, 1.82) is 0 Å². The summed E-state index contributed by atoms with van der Waals surface area (Å²) < 4.78 is 61.8. The average molecular weight is 728 g/mol. The molecule has 276 valence electrons. The summed E-state index contributed by atoms with van der Waals surface area (Å²) in [5.41, 5.74) is 3.26. The number of fused-ring (bicyclic) bond motifs is 3. The van der Waals surface area contributed by atoms with Crippen LogP contribution in [0.15, 0.2) is 27.4 Å². The zero-order chi connectivity index (χ0) is 36.6. The molecule has 2 amide bonds. The highest BCUT2D eigenvalue weighted by molar-refractivity contribution is 7.87. The van der Waals surface area contributed by atoms with Crippen LogP contribution in [-0.2, 0) is 27.9 Å². The lowest BCUT2D eigenvalue weighted by molar-refractivity contribution is 0.0726. The van der Waals surface area contributed by atoms with Crippen LogP contribution in [0.3, 0.4) is 0 Å². The minimum Gasteiger partial charge on any atom is -0.490 e. The molecule has 2 aromatic carbocycles. The van der Waals surface area contributed by atoms with Crippen LogP contribution < -0.4 is 20.0 Å². The van der Waals surface area contributed by atoms with Crippen molar-refractivity contribution in [3.63, 3.8) is 0 Å².